The predicted molar refractivity (Wildman–Crippen MR) is 83.4 cm³/mol. The molecule has 0 heterocycles. The van der Waals surface area contributed by atoms with Crippen molar-refractivity contribution in [1.82, 2.24) is 5.32 Å². The summed E-state index contributed by atoms with van der Waals surface area (Å²) in [7, 11) is 0. The summed E-state index contributed by atoms with van der Waals surface area (Å²) in [5.41, 5.74) is 2.78. The summed E-state index contributed by atoms with van der Waals surface area (Å²) in [6, 6.07) is 15.2. The first-order valence-electron chi connectivity index (χ1n) is 7.35. The van der Waals surface area contributed by atoms with Gasteiger partial charge in [-0.25, -0.2) is 4.39 Å². The minimum atomic E-state index is -0.212. The first-order chi connectivity index (χ1) is 10.2. The fourth-order valence-electron chi connectivity index (χ4n) is 2.15. The van der Waals surface area contributed by atoms with Crippen LogP contribution in [0.4, 0.5) is 4.39 Å². The Labute approximate surface area is 126 Å². The van der Waals surface area contributed by atoms with Gasteiger partial charge in [0.15, 0.2) is 0 Å². The Morgan fingerprint density at radius 1 is 1.14 bits per heavy atom. The monoisotopic (exact) mass is 287 g/mol. The number of hydrogen-bond acceptors (Lipinski definition) is 2. The van der Waals surface area contributed by atoms with E-state index in [-0.39, 0.29) is 18.5 Å². The van der Waals surface area contributed by atoms with Crippen molar-refractivity contribution >= 4 is 0 Å². The van der Waals surface area contributed by atoms with Crippen LogP contribution in [-0.4, -0.2) is 6.54 Å². The summed E-state index contributed by atoms with van der Waals surface area (Å²) in [4.78, 5) is 0. The summed E-state index contributed by atoms with van der Waals surface area (Å²) < 4.78 is 19.6. The summed E-state index contributed by atoms with van der Waals surface area (Å²) >= 11 is 0. The molecule has 0 aliphatic rings. The van der Waals surface area contributed by atoms with Gasteiger partial charge in [0.1, 0.15) is 5.82 Å². The van der Waals surface area contributed by atoms with E-state index in [4.69, 9.17) is 4.74 Å². The Bertz CT molecular complexity index is 556. The number of halogens is 1. The minimum Gasteiger partial charge on any atom is -0.369 e. The lowest BCUT2D eigenvalue weighted by atomic mass is 10.1. The SMILES string of the molecule is CCNCc1ccc(F)c(COC(C)c2ccccc2)c1. The zero-order chi connectivity index (χ0) is 15.1. The second-order valence-corrected chi connectivity index (χ2v) is 5.07. The standard InChI is InChI=1S/C18H22FNO/c1-3-20-12-15-9-10-18(19)17(11-15)13-21-14(2)16-7-5-4-6-8-16/h4-11,14,20H,3,12-13H2,1-2H3. The molecule has 0 aromatic heterocycles. The molecular weight excluding hydrogens is 265 g/mol. The lowest BCUT2D eigenvalue weighted by Gasteiger charge is -2.14. The number of ether oxygens (including phenoxy) is 1. The fourth-order valence-corrected chi connectivity index (χ4v) is 2.15. The molecule has 2 aromatic carbocycles. The van der Waals surface area contributed by atoms with Crippen LogP contribution in [0.1, 0.15) is 36.6 Å². The number of nitrogens with one attached hydrogen (secondary N) is 1. The minimum absolute atomic E-state index is 0.0528. The van der Waals surface area contributed by atoms with E-state index in [0.29, 0.717) is 5.56 Å². The first-order valence-corrected chi connectivity index (χ1v) is 7.35. The van der Waals surface area contributed by atoms with E-state index in [1.54, 1.807) is 0 Å². The van der Waals surface area contributed by atoms with Crippen LogP contribution in [0.3, 0.4) is 0 Å². The van der Waals surface area contributed by atoms with Gasteiger partial charge in [-0.05, 0) is 36.7 Å². The Morgan fingerprint density at radius 2 is 1.90 bits per heavy atom. The lowest BCUT2D eigenvalue weighted by Crippen LogP contribution is -2.12. The molecule has 0 fully saturated rings. The van der Waals surface area contributed by atoms with Crippen molar-refractivity contribution in [3.8, 4) is 0 Å². The maximum atomic E-state index is 13.8. The van der Waals surface area contributed by atoms with E-state index < -0.39 is 0 Å². The fraction of sp³-hybridized carbons (Fsp3) is 0.333. The molecule has 0 radical (unpaired) electrons. The number of benzene rings is 2. The Morgan fingerprint density at radius 3 is 2.62 bits per heavy atom. The van der Waals surface area contributed by atoms with Gasteiger partial charge in [0.2, 0.25) is 0 Å². The third kappa shape index (κ3) is 4.66. The van der Waals surface area contributed by atoms with Gasteiger partial charge in [-0.2, -0.15) is 0 Å². The molecule has 1 unspecified atom stereocenters. The molecule has 112 valence electrons. The van der Waals surface area contributed by atoms with Crippen LogP contribution < -0.4 is 5.32 Å². The summed E-state index contributed by atoms with van der Waals surface area (Å²) in [5.74, 6) is -0.212. The summed E-state index contributed by atoms with van der Waals surface area (Å²) in [5, 5.41) is 3.24. The molecule has 0 saturated carbocycles. The molecule has 2 nitrogen and oxygen atoms in total. The smallest absolute Gasteiger partial charge is 0.128 e. The van der Waals surface area contributed by atoms with Gasteiger partial charge >= 0.3 is 0 Å². The molecule has 0 spiro atoms. The Kier molecular flexibility index (Phi) is 5.90. The van der Waals surface area contributed by atoms with E-state index in [1.165, 1.54) is 6.07 Å². The van der Waals surface area contributed by atoms with Crippen molar-refractivity contribution in [3.63, 3.8) is 0 Å². The molecule has 0 aliphatic heterocycles. The zero-order valence-electron chi connectivity index (χ0n) is 12.6. The average Bonchev–Trinajstić information content (AvgIpc) is 2.53. The maximum absolute atomic E-state index is 13.8. The normalized spacial score (nSPS) is 12.3. The van der Waals surface area contributed by atoms with Crippen molar-refractivity contribution < 1.29 is 9.13 Å². The third-order valence-corrected chi connectivity index (χ3v) is 3.45. The number of hydrogen-bond donors (Lipinski definition) is 1. The largest absolute Gasteiger partial charge is 0.369 e. The van der Waals surface area contributed by atoms with Crippen LogP contribution in [0.5, 0.6) is 0 Å². The molecule has 0 amide bonds. The van der Waals surface area contributed by atoms with E-state index in [1.807, 2.05) is 49.4 Å². The predicted octanol–water partition coefficient (Wildman–Crippen LogP) is 4.21. The molecule has 2 rings (SSSR count). The third-order valence-electron chi connectivity index (χ3n) is 3.45. The molecule has 1 atom stereocenters. The Balaban J connectivity index is 1.99. The van der Waals surface area contributed by atoms with Crippen LogP contribution in [-0.2, 0) is 17.9 Å². The molecule has 1 N–H and O–H groups in total. The van der Waals surface area contributed by atoms with Gasteiger partial charge in [0.25, 0.3) is 0 Å². The van der Waals surface area contributed by atoms with Gasteiger partial charge in [-0.3, -0.25) is 0 Å². The maximum Gasteiger partial charge on any atom is 0.128 e. The summed E-state index contributed by atoms with van der Waals surface area (Å²) in [6.45, 7) is 5.96. The van der Waals surface area contributed by atoms with E-state index in [2.05, 4.69) is 12.2 Å². The van der Waals surface area contributed by atoms with Gasteiger partial charge in [-0.15, -0.1) is 0 Å². The van der Waals surface area contributed by atoms with Gasteiger partial charge in [0.05, 0.1) is 12.7 Å². The summed E-state index contributed by atoms with van der Waals surface area (Å²) in [6.07, 6.45) is -0.0528. The van der Waals surface area contributed by atoms with Gasteiger partial charge in [0, 0.05) is 12.1 Å². The number of rotatable bonds is 7. The van der Waals surface area contributed by atoms with Crippen molar-refractivity contribution in [1.29, 1.82) is 0 Å². The Hall–Kier alpha value is -1.71. The molecule has 0 saturated heterocycles. The highest BCUT2D eigenvalue weighted by Gasteiger charge is 2.08. The van der Waals surface area contributed by atoms with Crippen LogP contribution in [0.15, 0.2) is 48.5 Å². The molecule has 0 aliphatic carbocycles. The quantitative estimate of drug-likeness (QED) is 0.823. The van der Waals surface area contributed by atoms with Crippen LogP contribution >= 0.6 is 0 Å². The van der Waals surface area contributed by atoms with E-state index >= 15 is 0 Å². The van der Waals surface area contributed by atoms with Crippen molar-refractivity contribution in [3.05, 3.63) is 71.0 Å². The lowest BCUT2D eigenvalue weighted by molar-refractivity contribution is 0.0508. The van der Waals surface area contributed by atoms with E-state index in [0.717, 1.165) is 24.2 Å². The molecule has 3 heteroatoms. The molecule has 2 aromatic rings. The van der Waals surface area contributed by atoms with Gasteiger partial charge < -0.3 is 10.1 Å². The van der Waals surface area contributed by atoms with E-state index in [9.17, 15) is 4.39 Å². The second kappa shape index (κ2) is 7.91. The van der Waals surface area contributed by atoms with Crippen molar-refractivity contribution in [2.75, 3.05) is 6.54 Å². The molecule has 21 heavy (non-hydrogen) atoms. The highest BCUT2D eigenvalue weighted by Crippen LogP contribution is 2.20. The molecular formula is C18H22FNO. The van der Waals surface area contributed by atoms with Crippen molar-refractivity contribution in [2.45, 2.75) is 33.1 Å². The zero-order valence-corrected chi connectivity index (χ0v) is 12.6. The first kappa shape index (κ1) is 15.7. The van der Waals surface area contributed by atoms with Crippen LogP contribution in [0.25, 0.3) is 0 Å². The molecule has 0 bridgehead atoms. The van der Waals surface area contributed by atoms with Gasteiger partial charge in [-0.1, -0.05) is 43.3 Å². The van der Waals surface area contributed by atoms with Crippen molar-refractivity contribution in [2.24, 2.45) is 0 Å². The average molecular weight is 287 g/mol. The van der Waals surface area contributed by atoms with Crippen LogP contribution in [0.2, 0.25) is 0 Å². The topological polar surface area (TPSA) is 21.3 Å². The highest BCUT2D eigenvalue weighted by atomic mass is 19.1. The highest BCUT2D eigenvalue weighted by molar-refractivity contribution is 5.25. The second-order valence-electron chi connectivity index (χ2n) is 5.07. The van der Waals surface area contributed by atoms with Crippen LogP contribution in [0, 0.1) is 5.82 Å².